The van der Waals surface area contributed by atoms with E-state index in [-0.39, 0.29) is 0 Å². The van der Waals surface area contributed by atoms with Gasteiger partial charge in [-0.15, -0.1) is 0 Å². The average molecular weight is 866 g/mol. The first-order valence-corrected chi connectivity index (χ1v) is 23.3. The molecule has 2 aromatic heterocycles. The molecule has 1 aliphatic rings. The van der Waals surface area contributed by atoms with Gasteiger partial charge in [0.2, 0.25) is 0 Å². The summed E-state index contributed by atoms with van der Waals surface area (Å²) in [6, 6.07) is 90.2. The van der Waals surface area contributed by atoms with Crippen molar-refractivity contribution in [1.82, 2.24) is 9.13 Å². The van der Waals surface area contributed by atoms with E-state index in [1.54, 1.807) is 0 Å². The maximum atomic E-state index is 5.41. The van der Waals surface area contributed by atoms with Gasteiger partial charge in [0.05, 0.1) is 33.2 Å². The Morgan fingerprint density at radius 2 is 0.765 bits per heavy atom. The second-order valence-corrected chi connectivity index (χ2v) is 17.8. The highest BCUT2D eigenvalue weighted by atomic mass is 15.2. The topological polar surface area (TPSA) is 25.2 Å². The first-order valence-electron chi connectivity index (χ1n) is 23.3. The lowest BCUT2D eigenvalue weighted by molar-refractivity contribution is -0.318. The van der Waals surface area contributed by atoms with Gasteiger partial charge in [-0.05, 0) is 123 Å². The van der Waals surface area contributed by atoms with Crippen molar-refractivity contribution in [2.45, 2.75) is 0 Å². The lowest BCUT2D eigenvalue weighted by Gasteiger charge is -2.23. The minimum Gasteiger partial charge on any atom is -0.309 e. The van der Waals surface area contributed by atoms with E-state index < -0.39 is 0 Å². The molecule has 1 aliphatic heterocycles. The fourth-order valence-electron chi connectivity index (χ4n) is 10.7. The van der Waals surface area contributed by atoms with Gasteiger partial charge in [0.25, 0.3) is 11.7 Å². The van der Waals surface area contributed by atoms with Crippen LogP contribution in [0.3, 0.4) is 0 Å². The summed E-state index contributed by atoms with van der Waals surface area (Å²) in [6.45, 7) is 0. The third-order valence-corrected chi connectivity index (χ3v) is 13.9. The van der Waals surface area contributed by atoms with Crippen molar-refractivity contribution in [2.24, 2.45) is 4.99 Å². The van der Waals surface area contributed by atoms with E-state index in [0.717, 1.165) is 67.6 Å². The first kappa shape index (κ1) is 38.2. The number of benzene rings is 11. The van der Waals surface area contributed by atoms with Gasteiger partial charge in [-0.3, -0.25) is 0 Å². The van der Waals surface area contributed by atoms with Gasteiger partial charge >= 0.3 is 0 Å². The summed E-state index contributed by atoms with van der Waals surface area (Å²) in [5, 5.41) is 9.87. The van der Waals surface area contributed by atoms with Crippen molar-refractivity contribution < 1.29 is 4.58 Å². The maximum Gasteiger partial charge on any atom is 0.279 e. The molecule has 0 aliphatic carbocycles. The summed E-state index contributed by atoms with van der Waals surface area (Å²) >= 11 is 0. The van der Waals surface area contributed by atoms with Crippen LogP contribution in [0.2, 0.25) is 0 Å². The number of aliphatic imine (C=N–C) groups is 1. The van der Waals surface area contributed by atoms with Gasteiger partial charge < -0.3 is 9.13 Å². The molecule has 14 rings (SSSR count). The van der Waals surface area contributed by atoms with Crippen molar-refractivity contribution in [3.8, 4) is 33.6 Å². The molecular formula is C64H41N4+. The third kappa shape index (κ3) is 5.94. The smallest absolute Gasteiger partial charge is 0.279 e. The van der Waals surface area contributed by atoms with E-state index in [2.05, 4.69) is 262 Å². The highest BCUT2D eigenvalue weighted by Crippen LogP contribution is 2.41. The van der Waals surface area contributed by atoms with E-state index >= 15 is 0 Å². The van der Waals surface area contributed by atoms with E-state index in [1.165, 1.54) is 59.6 Å². The summed E-state index contributed by atoms with van der Waals surface area (Å²) in [6.07, 6.45) is 0. The van der Waals surface area contributed by atoms with Gasteiger partial charge in [-0.2, -0.15) is 4.58 Å². The van der Waals surface area contributed by atoms with Gasteiger partial charge in [-0.25, -0.2) is 0 Å². The van der Waals surface area contributed by atoms with Crippen LogP contribution >= 0.6 is 0 Å². The van der Waals surface area contributed by atoms with E-state index in [4.69, 9.17) is 4.99 Å². The standard InChI is InChI=1S/C64H41N4/c1-3-17-42(18-4-1)51-25-11-12-28-54(51)64-65-63(68(64)58-29-15-13-26-52(58)43-19-5-2-6-20-43)44-31-33-49(34-32-44)66-60-36-35-50(41-57(60)56-38-46-22-8-10-24-48(46)40-62(56)66)67-59-30-16-14-27-53(59)55-37-45-21-7-9-23-47(45)39-61(55)67/h1-41H/q+1. The lowest BCUT2D eigenvalue weighted by Crippen LogP contribution is -2.35. The summed E-state index contributed by atoms with van der Waals surface area (Å²) < 4.78 is 7.23. The van der Waals surface area contributed by atoms with Crippen LogP contribution in [0.25, 0.3) is 98.8 Å². The normalized spacial score (nSPS) is 12.7. The summed E-state index contributed by atoms with van der Waals surface area (Å²) in [7, 11) is 0. The molecule has 3 heterocycles. The number of amidine groups is 2. The van der Waals surface area contributed by atoms with Gasteiger partial charge in [0.1, 0.15) is 5.69 Å². The van der Waals surface area contributed by atoms with Crippen molar-refractivity contribution in [3.05, 3.63) is 260 Å². The van der Waals surface area contributed by atoms with E-state index in [1.807, 2.05) is 0 Å². The van der Waals surface area contributed by atoms with Crippen LogP contribution in [0, 0.1) is 0 Å². The van der Waals surface area contributed by atoms with Crippen LogP contribution in [0.5, 0.6) is 0 Å². The number of aromatic nitrogens is 2. The van der Waals surface area contributed by atoms with Crippen LogP contribution in [0.15, 0.2) is 254 Å². The predicted molar refractivity (Wildman–Crippen MR) is 284 cm³/mol. The van der Waals surface area contributed by atoms with Gasteiger partial charge in [-0.1, -0.05) is 169 Å². The maximum absolute atomic E-state index is 5.41. The number of hydrogen-bond donors (Lipinski definition) is 0. The van der Waals surface area contributed by atoms with Crippen molar-refractivity contribution in [2.75, 3.05) is 0 Å². The molecule has 0 saturated carbocycles. The van der Waals surface area contributed by atoms with Crippen LogP contribution in [0.1, 0.15) is 11.1 Å². The van der Waals surface area contributed by atoms with Crippen molar-refractivity contribution >= 4 is 82.5 Å². The molecule has 0 N–H and O–H groups in total. The van der Waals surface area contributed by atoms with E-state index in [9.17, 15) is 0 Å². The van der Waals surface area contributed by atoms with Gasteiger partial charge in [0, 0.05) is 38.5 Å². The molecule has 0 bridgehead atoms. The number of para-hydroxylation sites is 2. The van der Waals surface area contributed by atoms with Crippen LogP contribution in [0.4, 0.5) is 5.69 Å². The molecule has 0 saturated heterocycles. The Balaban J connectivity index is 0.943. The Hall–Kier alpha value is -9.12. The fourth-order valence-corrected chi connectivity index (χ4v) is 10.7. The quantitative estimate of drug-likeness (QED) is 0.143. The number of rotatable bonds is 7. The second-order valence-electron chi connectivity index (χ2n) is 17.8. The zero-order valence-corrected chi connectivity index (χ0v) is 37.0. The molecule has 0 atom stereocenters. The molecule has 316 valence electrons. The summed E-state index contributed by atoms with van der Waals surface area (Å²) in [5.41, 5.74) is 14.8. The Morgan fingerprint density at radius 3 is 1.44 bits per heavy atom. The molecule has 0 radical (unpaired) electrons. The molecule has 0 amide bonds. The molecule has 0 unspecified atom stereocenters. The molecule has 0 fully saturated rings. The minimum absolute atomic E-state index is 0.912. The SMILES string of the molecule is c1ccc(-c2ccccc2C2=NC(c3ccc(-n4c5ccc(-n6c7ccccc7c7cc8ccccc8cc76)cc5c5cc6ccccc6cc54)cc3)=[N+]2c2ccccc2-c2ccccc2)cc1. The highest BCUT2D eigenvalue weighted by molar-refractivity contribution is 6.19. The highest BCUT2D eigenvalue weighted by Gasteiger charge is 2.36. The Morgan fingerprint density at radius 1 is 0.294 bits per heavy atom. The Bertz CT molecular complexity index is 4230. The van der Waals surface area contributed by atoms with Gasteiger partial charge in [0.15, 0.2) is 0 Å². The zero-order valence-electron chi connectivity index (χ0n) is 37.0. The molecule has 0 spiro atoms. The first-order chi connectivity index (χ1) is 33.7. The summed E-state index contributed by atoms with van der Waals surface area (Å²) in [5.74, 6) is 1.84. The van der Waals surface area contributed by atoms with Crippen molar-refractivity contribution in [1.29, 1.82) is 0 Å². The number of fused-ring (bicyclic) bond motifs is 8. The van der Waals surface area contributed by atoms with Crippen LogP contribution in [-0.4, -0.2) is 25.4 Å². The number of hydrogen-bond acceptors (Lipinski definition) is 1. The molecule has 4 heteroatoms. The molecular weight excluding hydrogens is 825 g/mol. The number of nitrogens with zero attached hydrogens (tertiary/aromatic N) is 4. The Kier molecular flexibility index (Phi) is 8.55. The van der Waals surface area contributed by atoms with Crippen molar-refractivity contribution in [3.63, 3.8) is 0 Å². The van der Waals surface area contributed by atoms with Crippen LogP contribution in [-0.2, 0) is 0 Å². The third-order valence-electron chi connectivity index (χ3n) is 13.9. The molecule has 11 aromatic carbocycles. The van der Waals surface area contributed by atoms with Crippen LogP contribution < -0.4 is 0 Å². The predicted octanol–water partition coefficient (Wildman–Crippen LogP) is 16.1. The average Bonchev–Trinajstić information content (AvgIpc) is 3.89. The zero-order chi connectivity index (χ0) is 44.7. The lowest BCUT2D eigenvalue weighted by atomic mass is 9.96. The largest absolute Gasteiger partial charge is 0.309 e. The molecule has 68 heavy (non-hydrogen) atoms. The minimum atomic E-state index is 0.912. The Labute approximate surface area is 392 Å². The monoisotopic (exact) mass is 865 g/mol. The molecule has 13 aromatic rings. The fraction of sp³-hybridized carbons (Fsp3) is 0. The molecule has 4 nitrogen and oxygen atoms in total. The van der Waals surface area contributed by atoms with E-state index in [0.29, 0.717) is 0 Å². The summed E-state index contributed by atoms with van der Waals surface area (Å²) in [4.78, 5) is 5.41. The second kappa shape index (κ2) is 15.2.